The third kappa shape index (κ3) is 2.63. The lowest BCUT2D eigenvalue weighted by Gasteiger charge is -2.16. The Morgan fingerprint density at radius 3 is 2.53 bits per heavy atom. The predicted octanol–water partition coefficient (Wildman–Crippen LogP) is 1.31. The molecule has 1 atom stereocenters. The number of rotatable bonds is 3. The van der Waals surface area contributed by atoms with Gasteiger partial charge in [0, 0.05) is 18.1 Å². The Labute approximate surface area is 106 Å². The molecule has 1 aliphatic heterocycles. The summed E-state index contributed by atoms with van der Waals surface area (Å²) in [5.74, 6) is 0.275. The molecule has 0 unspecified atom stereocenters. The standard InChI is InChI=1S/C11H15ClN2O2S/c12-10-1-3-11(4-2-10)17(15,16)14-6-5-9(7-13)8-14/h1-4,9H,5-8,13H2/t9-/m1/s1. The zero-order chi connectivity index (χ0) is 12.5. The topological polar surface area (TPSA) is 63.4 Å². The Balaban J connectivity index is 2.22. The maximum absolute atomic E-state index is 12.2. The largest absolute Gasteiger partial charge is 0.330 e. The fourth-order valence-corrected chi connectivity index (χ4v) is 3.62. The number of nitrogens with two attached hydrogens (primary N) is 1. The second-order valence-corrected chi connectivity index (χ2v) is 6.58. The van der Waals surface area contributed by atoms with Crippen molar-refractivity contribution in [1.29, 1.82) is 0 Å². The summed E-state index contributed by atoms with van der Waals surface area (Å²) in [6.45, 7) is 1.60. The monoisotopic (exact) mass is 274 g/mol. The molecule has 1 fully saturated rings. The predicted molar refractivity (Wildman–Crippen MR) is 67.4 cm³/mol. The molecule has 0 aliphatic carbocycles. The SMILES string of the molecule is NC[C@H]1CCN(S(=O)(=O)c2ccc(Cl)cc2)C1. The number of nitrogens with zero attached hydrogens (tertiary/aromatic N) is 1. The Kier molecular flexibility index (Phi) is 3.73. The Morgan fingerprint density at radius 1 is 1.35 bits per heavy atom. The van der Waals surface area contributed by atoms with Gasteiger partial charge in [-0.2, -0.15) is 4.31 Å². The third-order valence-electron chi connectivity index (χ3n) is 3.03. The summed E-state index contributed by atoms with van der Waals surface area (Å²) in [7, 11) is -3.38. The number of halogens is 1. The molecule has 6 heteroatoms. The van der Waals surface area contributed by atoms with Crippen molar-refractivity contribution in [1.82, 2.24) is 4.31 Å². The van der Waals surface area contributed by atoms with Crippen molar-refractivity contribution >= 4 is 21.6 Å². The zero-order valence-electron chi connectivity index (χ0n) is 9.34. The molecule has 0 aromatic heterocycles. The number of hydrogen-bond acceptors (Lipinski definition) is 3. The van der Waals surface area contributed by atoms with Gasteiger partial charge in [0.2, 0.25) is 10.0 Å². The molecule has 2 N–H and O–H groups in total. The van der Waals surface area contributed by atoms with Crippen molar-refractivity contribution in [3.8, 4) is 0 Å². The first-order valence-electron chi connectivity index (χ1n) is 5.50. The number of hydrogen-bond donors (Lipinski definition) is 1. The van der Waals surface area contributed by atoms with E-state index >= 15 is 0 Å². The molecule has 0 radical (unpaired) electrons. The van der Waals surface area contributed by atoms with E-state index in [4.69, 9.17) is 17.3 Å². The van der Waals surface area contributed by atoms with E-state index in [0.29, 0.717) is 29.6 Å². The lowest BCUT2D eigenvalue weighted by Crippen LogP contribution is -2.29. The first-order valence-corrected chi connectivity index (χ1v) is 7.31. The molecule has 94 valence electrons. The lowest BCUT2D eigenvalue weighted by molar-refractivity contribution is 0.459. The van der Waals surface area contributed by atoms with Crippen molar-refractivity contribution in [2.75, 3.05) is 19.6 Å². The summed E-state index contributed by atoms with van der Waals surface area (Å²) in [6.07, 6.45) is 0.837. The van der Waals surface area contributed by atoms with Crippen LogP contribution in [0.5, 0.6) is 0 Å². The van der Waals surface area contributed by atoms with Crippen LogP contribution in [0.2, 0.25) is 5.02 Å². The first-order chi connectivity index (χ1) is 8.04. The van der Waals surface area contributed by atoms with Gasteiger partial charge in [-0.3, -0.25) is 0 Å². The minimum absolute atomic E-state index is 0.275. The molecule has 1 saturated heterocycles. The van der Waals surface area contributed by atoms with E-state index in [1.54, 1.807) is 12.1 Å². The Morgan fingerprint density at radius 2 is 2.00 bits per heavy atom. The van der Waals surface area contributed by atoms with Crippen LogP contribution in [0.25, 0.3) is 0 Å². The molecule has 2 rings (SSSR count). The average Bonchev–Trinajstić information content (AvgIpc) is 2.78. The summed E-state index contributed by atoms with van der Waals surface area (Å²) in [5, 5.41) is 0.533. The second-order valence-electron chi connectivity index (χ2n) is 4.21. The second kappa shape index (κ2) is 4.94. The zero-order valence-corrected chi connectivity index (χ0v) is 10.9. The molecule has 0 saturated carbocycles. The highest BCUT2D eigenvalue weighted by molar-refractivity contribution is 7.89. The molecule has 1 aliphatic rings. The quantitative estimate of drug-likeness (QED) is 0.904. The summed E-state index contributed by atoms with van der Waals surface area (Å²) < 4.78 is 26.0. The highest BCUT2D eigenvalue weighted by Gasteiger charge is 2.31. The average molecular weight is 275 g/mol. The van der Waals surface area contributed by atoms with Crippen LogP contribution in [-0.4, -0.2) is 32.4 Å². The van der Waals surface area contributed by atoms with Crippen molar-refractivity contribution in [3.05, 3.63) is 29.3 Å². The van der Waals surface area contributed by atoms with Crippen molar-refractivity contribution in [3.63, 3.8) is 0 Å². The van der Waals surface area contributed by atoms with E-state index in [1.807, 2.05) is 0 Å². The molecular formula is C11H15ClN2O2S. The van der Waals surface area contributed by atoms with Crippen LogP contribution in [0.4, 0.5) is 0 Å². The molecule has 1 aromatic carbocycles. The summed E-state index contributed by atoms with van der Waals surface area (Å²) >= 11 is 5.74. The van der Waals surface area contributed by atoms with Crippen LogP contribution in [0, 0.1) is 5.92 Å². The summed E-state index contributed by atoms with van der Waals surface area (Å²) in [4.78, 5) is 0.291. The van der Waals surface area contributed by atoms with Crippen LogP contribution >= 0.6 is 11.6 Å². The minimum atomic E-state index is -3.38. The van der Waals surface area contributed by atoms with Crippen LogP contribution in [0.15, 0.2) is 29.2 Å². The normalized spacial score (nSPS) is 21.9. The fourth-order valence-electron chi connectivity index (χ4n) is 1.96. The van der Waals surface area contributed by atoms with Crippen molar-refractivity contribution in [2.24, 2.45) is 11.7 Å². The van der Waals surface area contributed by atoms with Crippen LogP contribution in [-0.2, 0) is 10.0 Å². The molecule has 0 bridgehead atoms. The maximum atomic E-state index is 12.2. The van der Waals surface area contributed by atoms with Gasteiger partial charge in [0.05, 0.1) is 4.90 Å². The van der Waals surface area contributed by atoms with Crippen molar-refractivity contribution < 1.29 is 8.42 Å². The molecule has 0 amide bonds. The first kappa shape index (κ1) is 12.8. The van der Waals surface area contributed by atoms with E-state index in [2.05, 4.69) is 0 Å². The van der Waals surface area contributed by atoms with Gasteiger partial charge in [-0.25, -0.2) is 8.42 Å². The number of benzene rings is 1. The van der Waals surface area contributed by atoms with E-state index in [1.165, 1.54) is 16.4 Å². The molecule has 0 spiro atoms. The van der Waals surface area contributed by atoms with Crippen LogP contribution in [0.3, 0.4) is 0 Å². The van der Waals surface area contributed by atoms with Crippen LogP contribution < -0.4 is 5.73 Å². The van der Waals surface area contributed by atoms with Gasteiger partial charge in [0.25, 0.3) is 0 Å². The fraction of sp³-hybridized carbons (Fsp3) is 0.455. The van der Waals surface area contributed by atoms with Crippen molar-refractivity contribution in [2.45, 2.75) is 11.3 Å². The Bertz CT molecular complexity index is 487. The van der Waals surface area contributed by atoms with E-state index in [-0.39, 0.29) is 5.92 Å². The summed E-state index contributed by atoms with van der Waals surface area (Å²) in [6, 6.07) is 6.25. The Hall–Kier alpha value is -0.620. The lowest BCUT2D eigenvalue weighted by atomic mass is 10.1. The summed E-state index contributed by atoms with van der Waals surface area (Å²) in [5.41, 5.74) is 5.56. The molecule has 4 nitrogen and oxygen atoms in total. The van der Waals surface area contributed by atoms with Gasteiger partial charge in [-0.15, -0.1) is 0 Å². The highest BCUT2D eigenvalue weighted by atomic mass is 35.5. The van der Waals surface area contributed by atoms with Gasteiger partial charge in [-0.1, -0.05) is 11.6 Å². The smallest absolute Gasteiger partial charge is 0.243 e. The maximum Gasteiger partial charge on any atom is 0.243 e. The van der Waals surface area contributed by atoms with Gasteiger partial charge < -0.3 is 5.73 Å². The van der Waals surface area contributed by atoms with E-state index in [0.717, 1.165) is 6.42 Å². The van der Waals surface area contributed by atoms with Gasteiger partial charge >= 0.3 is 0 Å². The van der Waals surface area contributed by atoms with Gasteiger partial charge in [-0.05, 0) is 43.1 Å². The van der Waals surface area contributed by atoms with Gasteiger partial charge in [0.1, 0.15) is 0 Å². The third-order valence-corrected chi connectivity index (χ3v) is 5.16. The minimum Gasteiger partial charge on any atom is -0.330 e. The number of sulfonamides is 1. The van der Waals surface area contributed by atoms with E-state index < -0.39 is 10.0 Å². The van der Waals surface area contributed by atoms with Gasteiger partial charge in [0.15, 0.2) is 0 Å². The highest BCUT2D eigenvalue weighted by Crippen LogP contribution is 2.24. The molecule has 1 heterocycles. The molecular weight excluding hydrogens is 260 g/mol. The van der Waals surface area contributed by atoms with E-state index in [9.17, 15) is 8.42 Å². The molecule has 1 aromatic rings. The molecule has 17 heavy (non-hydrogen) atoms. The van der Waals surface area contributed by atoms with Crippen LogP contribution in [0.1, 0.15) is 6.42 Å².